The Labute approximate surface area is 139 Å². The summed E-state index contributed by atoms with van der Waals surface area (Å²) in [6.07, 6.45) is 2.10. The van der Waals surface area contributed by atoms with Gasteiger partial charge in [0.1, 0.15) is 0 Å². The highest BCUT2D eigenvalue weighted by Gasteiger charge is 2.29. The van der Waals surface area contributed by atoms with Gasteiger partial charge in [0.15, 0.2) is 12.6 Å². The predicted octanol–water partition coefficient (Wildman–Crippen LogP) is 1.11. The summed E-state index contributed by atoms with van der Waals surface area (Å²) in [5.74, 6) is -0.190. The van der Waals surface area contributed by atoms with E-state index in [1.807, 2.05) is 14.0 Å². The van der Waals surface area contributed by atoms with Crippen LogP contribution in [0.4, 0.5) is 5.69 Å². The molecule has 22 heavy (non-hydrogen) atoms. The normalized spacial score (nSPS) is 16.7. The molecule has 0 saturated heterocycles. The molecule has 0 heterocycles. The van der Waals surface area contributed by atoms with Gasteiger partial charge in [0.05, 0.1) is 17.1 Å². The van der Waals surface area contributed by atoms with E-state index < -0.39 is 0 Å². The quantitative estimate of drug-likeness (QED) is 0.723. The first-order chi connectivity index (χ1) is 10.4. The zero-order valence-corrected chi connectivity index (χ0v) is 14.1. The molecule has 2 rings (SSSR count). The molecule has 120 valence electrons. The fourth-order valence-electron chi connectivity index (χ4n) is 1.96. The third-order valence-corrected chi connectivity index (χ3v) is 4.44. The smallest absolute Gasteiger partial charge is 0.279 e. The number of likely N-dealkylation sites (N-methyl/N-ethyl adjacent to an activating group) is 1. The third-order valence-electron chi connectivity index (χ3n) is 3.70. The van der Waals surface area contributed by atoms with Crippen molar-refractivity contribution in [1.82, 2.24) is 5.32 Å². The summed E-state index contributed by atoms with van der Waals surface area (Å²) in [6.45, 7) is 2.01. The van der Waals surface area contributed by atoms with Gasteiger partial charge in [-0.15, -0.1) is 0 Å². The maximum absolute atomic E-state index is 12.0. The summed E-state index contributed by atoms with van der Waals surface area (Å²) in [4.78, 5) is 24.8. The zero-order chi connectivity index (χ0) is 16.3. The number of quaternary nitrogens is 1. The number of halogens is 2. The molecule has 0 bridgehead atoms. The van der Waals surface area contributed by atoms with Crippen molar-refractivity contribution in [2.75, 3.05) is 18.9 Å². The molecule has 0 spiro atoms. The molecule has 0 aliphatic heterocycles. The number of carbonyl (C=O) groups is 2. The first-order valence-electron chi connectivity index (χ1n) is 7.24. The van der Waals surface area contributed by atoms with Crippen LogP contribution in [0.5, 0.6) is 0 Å². The second-order valence-corrected chi connectivity index (χ2v) is 6.52. The number of anilines is 1. The van der Waals surface area contributed by atoms with E-state index in [1.54, 1.807) is 18.2 Å². The number of amides is 2. The summed E-state index contributed by atoms with van der Waals surface area (Å²) in [5, 5.41) is 6.52. The lowest BCUT2D eigenvalue weighted by Crippen LogP contribution is -3.15. The highest BCUT2D eigenvalue weighted by molar-refractivity contribution is 6.42. The van der Waals surface area contributed by atoms with Crippen LogP contribution in [0.15, 0.2) is 18.2 Å². The molecule has 1 aromatic rings. The van der Waals surface area contributed by atoms with Gasteiger partial charge in [-0.05, 0) is 38.0 Å². The van der Waals surface area contributed by atoms with E-state index in [-0.39, 0.29) is 24.4 Å². The lowest BCUT2D eigenvalue weighted by molar-refractivity contribution is -0.885. The van der Waals surface area contributed by atoms with Crippen LogP contribution >= 0.6 is 23.2 Å². The van der Waals surface area contributed by atoms with Crippen LogP contribution in [0.25, 0.3) is 0 Å². The van der Waals surface area contributed by atoms with E-state index in [1.165, 1.54) is 0 Å². The van der Waals surface area contributed by atoms with E-state index in [9.17, 15) is 9.59 Å². The van der Waals surface area contributed by atoms with Crippen molar-refractivity contribution in [2.24, 2.45) is 0 Å². The lowest BCUT2D eigenvalue weighted by atomic mass is 10.2. The minimum Gasteiger partial charge on any atom is -0.348 e. The monoisotopic (exact) mass is 344 g/mol. The topological polar surface area (TPSA) is 62.6 Å². The largest absolute Gasteiger partial charge is 0.348 e. The molecule has 1 aliphatic rings. The number of carbonyl (C=O) groups excluding carboxylic acids is 2. The van der Waals surface area contributed by atoms with Gasteiger partial charge >= 0.3 is 0 Å². The maximum atomic E-state index is 12.0. The summed E-state index contributed by atoms with van der Waals surface area (Å²) in [5.41, 5.74) is 0.585. The van der Waals surface area contributed by atoms with E-state index in [4.69, 9.17) is 23.2 Å². The molecular weight excluding hydrogens is 325 g/mol. The van der Waals surface area contributed by atoms with Crippen LogP contribution in [-0.4, -0.2) is 37.5 Å². The first kappa shape index (κ1) is 17.1. The standard InChI is InChI=1S/C15H19Cl2N3O2/c1-9(15(22)19-10-3-4-10)20(2)8-14(21)18-11-5-6-12(16)13(17)7-11/h5-7,9-10H,3-4,8H2,1-2H3,(H,18,21)(H,19,22)/p+1/t9-/m0/s1. The van der Waals surface area contributed by atoms with Crippen molar-refractivity contribution in [3.63, 3.8) is 0 Å². The van der Waals surface area contributed by atoms with E-state index in [0.717, 1.165) is 17.7 Å². The lowest BCUT2D eigenvalue weighted by Gasteiger charge is -2.20. The molecule has 2 amide bonds. The first-order valence-corrected chi connectivity index (χ1v) is 8.00. The Balaban J connectivity index is 1.84. The van der Waals surface area contributed by atoms with Crippen LogP contribution in [-0.2, 0) is 9.59 Å². The van der Waals surface area contributed by atoms with E-state index in [0.29, 0.717) is 21.8 Å². The van der Waals surface area contributed by atoms with Crippen LogP contribution in [0.2, 0.25) is 10.0 Å². The summed E-state index contributed by atoms with van der Waals surface area (Å²) in [7, 11) is 1.82. The highest BCUT2D eigenvalue weighted by atomic mass is 35.5. The van der Waals surface area contributed by atoms with Crippen LogP contribution in [0, 0.1) is 0 Å². The molecule has 7 heteroatoms. The second kappa shape index (κ2) is 7.31. The third kappa shape index (κ3) is 4.87. The van der Waals surface area contributed by atoms with Gasteiger partial charge in [0.25, 0.3) is 11.8 Å². The molecule has 1 aromatic carbocycles. The van der Waals surface area contributed by atoms with Crippen LogP contribution < -0.4 is 15.5 Å². The van der Waals surface area contributed by atoms with E-state index in [2.05, 4.69) is 10.6 Å². The van der Waals surface area contributed by atoms with Gasteiger partial charge in [0.2, 0.25) is 0 Å². The predicted molar refractivity (Wildman–Crippen MR) is 87.5 cm³/mol. The molecule has 1 aliphatic carbocycles. The maximum Gasteiger partial charge on any atom is 0.279 e. The number of hydrogen-bond acceptors (Lipinski definition) is 2. The number of rotatable bonds is 6. The van der Waals surface area contributed by atoms with Gasteiger partial charge < -0.3 is 15.5 Å². The van der Waals surface area contributed by atoms with Crippen molar-refractivity contribution in [2.45, 2.75) is 31.8 Å². The highest BCUT2D eigenvalue weighted by Crippen LogP contribution is 2.24. The summed E-state index contributed by atoms with van der Waals surface area (Å²) < 4.78 is 0. The Morgan fingerprint density at radius 2 is 2.00 bits per heavy atom. The molecule has 0 aromatic heterocycles. The zero-order valence-electron chi connectivity index (χ0n) is 12.6. The Morgan fingerprint density at radius 3 is 2.59 bits per heavy atom. The molecule has 1 unspecified atom stereocenters. The van der Waals surface area contributed by atoms with Crippen molar-refractivity contribution < 1.29 is 14.5 Å². The average Bonchev–Trinajstić information content (AvgIpc) is 3.25. The van der Waals surface area contributed by atoms with Crippen molar-refractivity contribution in [3.8, 4) is 0 Å². The van der Waals surface area contributed by atoms with Crippen LogP contribution in [0.3, 0.4) is 0 Å². The fourth-order valence-corrected chi connectivity index (χ4v) is 2.26. The van der Waals surface area contributed by atoms with Gasteiger partial charge in [-0.2, -0.15) is 0 Å². The van der Waals surface area contributed by atoms with Crippen molar-refractivity contribution >= 4 is 40.7 Å². The Hall–Kier alpha value is -1.30. The molecule has 2 atom stereocenters. The van der Waals surface area contributed by atoms with Gasteiger partial charge in [-0.1, -0.05) is 23.2 Å². The Kier molecular flexibility index (Phi) is 5.67. The summed E-state index contributed by atoms with van der Waals surface area (Å²) in [6, 6.07) is 4.96. The molecular formula is C15H20Cl2N3O2+. The minimum atomic E-state index is -0.278. The van der Waals surface area contributed by atoms with Crippen molar-refractivity contribution in [1.29, 1.82) is 0 Å². The number of nitrogens with one attached hydrogen (secondary N) is 3. The van der Waals surface area contributed by atoms with Crippen LogP contribution in [0.1, 0.15) is 19.8 Å². The Morgan fingerprint density at radius 1 is 1.32 bits per heavy atom. The second-order valence-electron chi connectivity index (χ2n) is 5.70. The molecule has 1 saturated carbocycles. The number of hydrogen-bond donors (Lipinski definition) is 3. The van der Waals surface area contributed by atoms with Crippen molar-refractivity contribution in [3.05, 3.63) is 28.2 Å². The molecule has 0 radical (unpaired) electrons. The summed E-state index contributed by atoms with van der Waals surface area (Å²) >= 11 is 11.7. The van der Waals surface area contributed by atoms with Gasteiger partial charge in [0, 0.05) is 11.7 Å². The van der Waals surface area contributed by atoms with E-state index >= 15 is 0 Å². The van der Waals surface area contributed by atoms with Gasteiger partial charge in [-0.3, -0.25) is 9.59 Å². The minimum absolute atomic E-state index is 0.0117. The Bertz CT molecular complexity index is 576. The van der Waals surface area contributed by atoms with Gasteiger partial charge in [-0.25, -0.2) is 0 Å². The molecule has 1 fully saturated rings. The fraction of sp³-hybridized carbons (Fsp3) is 0.467. The number of benzene rings is 1. The molecule has 5 nitrogen and oxygen atoms in total. The molecule has 3 N–H and O–H groups in total. The SMILES string of the molecule is C[C@@H](C(=O)NC1CC1)[NH+](C)CC(=O)Nc1ccc(Cl)c(Cl)c1. The average molecular weight is 345 g/mol.